The first-order chi connectivity index (χ1) is 3.18. The van der Waals surface area contributed by atoms with Crippen LogP contribution in [0.4, 0.5) is 0 Å². The van der Waals surface area contributed by atoms with Crippen molar-refractivity contribution in [3.63, 3.8) is 0 Å². The lowest BCUT2D eigenvalue weighted by molar-refractivity contribution is 1.19. The van der Waals surface area contributed by atoms with E-state index in [1.807, 2.05) is 13.8 Å². The van der Waals surface area contributed by atoms with Crippen LogP contribution < -0.4 is 0 Å². The Labute approximate surface area is 54.1 Å². The molecular weight excluding hydrogens is 131 g/mol. The van der Waals surface area contributed by atoms with Gasteiger partial charge in [0, 0.05) is 5.03 Å². The number of alkyl halides is 1. The molecule has 0 radical (unpaired) electrons. The van der Waals surface area contributed by atoms with Crippen molar-refractivity contribution in [3.05, 3.63) is 11.1 Å². The molecule has 7 heavy (non-hydrogen) atoms. The predicted molar refractivity (Wildman–Crippen MR) is 34.9 cm³/mol. The lowest BCUT2D eigenvalue weighted by Crippen LogP contribution is -1.86. The fourth-order valence-electron chi connectivity index (χ4n) is 0.230. The highest BCUT2D eigenvalue weighted by molar-refractivity contribution is 6.37. The number of rotatable bonds is 1. The van der Waals surface area contributed by atoms with Gasteiger partial charge in [0.2, 0.25) is 0 Å². The van der Waals surface area contributed by atoms with Gasteiger partial charge in [0.15, 0.2) is 0 Å². The van der Waals surface area contributed by atoms with E-state index in [-0.39, 0.29) is 5.38 Å². The summed E-state index contributed by atoms with van der Waals surface area (Å²) in [6.07, 6.45) is 1.79. The third-order valence-electron chi connectivity index (χ3n) is 0.656. The molecular formula is C5H8Cl2. The Bertz CT molecular complexity index is 74.1. The molecule has 0 saturated heterocycles. The molecule has 0 N–H and O–H groups in total. The molecule has 0 aliphatic rings. The molecule has 0 nitrogen and oxygen atoms in total. The van der Waals surface area contributed by atoms with Gasteiger partial charge in [0.05, 0.1) is 5.38 Å². The number of halogens is 2. The standard InChI is InChI=1S/C5H8Cl2/c1-3-5(7)4(2)6/h3-4H,1-2H3/b5-3-. The van der Waals surface area contributed by atoms with Crippen LogP contribution in [0.5, 0.6) is 0 Å². The first kappa shape index (κ1) is 7.32. The SMILES string of the molecule is C/C=C(\Cl)C(C)Cl. The second kappa shape index (κ2) is 3.34. The monoisotopic (exact) mass is 138 g/mol. The van der Waals surface area contributed by atoms with Crippen molar-refractivity contribution < 1.29 is 0 Å². The molecule has 0 saturated carbocycles. The molecule has 0 fully saturated rings. The van der Waals surface area contributed by atoms with Crippen LogP contribution in [-0.4, -0.2) is 5.38 Å². The topological polar surface area (TPSA) is 0 Å². The molecule has 0 aromatic carbocycles. The number of hydrogen-bond acceptors (Lipinski definition) is 0. The van der Waals surface area contributed by atoms with Crippen molar-refractivity contribution in [2.75, 3.05) is 0 Å². The van der Waals surface area contributed by atoms with Crippen LogP contribution in [0.1, 0.15) is 13.8 Å². The molecule has 1 atom stereocenters. The maximum Gasteiger partial charge on any atom is 0.0660 e. The predicted octanol–water partition coefficient (Wildman–Crippen LogP) is 2.76. The van der Waals surface area contributed by atoms with Crippen molar-refractivity contribution in [1.82, 2.24) is 0 Å². The molecule has 0 rings (SSSR count). The van der Waals surface area contributed by atoms with E-state index >= 15 is 0 Å². The van der Waals surface area contributed by atoms with Gasteiger partial charge in [0.25, 0.3) is 0 Å². The Kier molecular flexibility index (Phi) is 3.49. The van der Waals surface area contributed by atoms with Gasteiger partial charge in [-0.15, -0.1) is 11.6 Å². The fraction of sp³-hybridized carbons (Fsp3) is 0.600. The highest BCUT2D eigenvalue weighted by Gasteiger charge is 1.96. The largest absolute Gasteiger partial charge is 0.117 e. The van der Waals surface area contributed by atoms with Gasteiger partial charge >= 0.3 is 0 Å². The van der Waals surface area contributed by atoms with Crippen LogP contribution in [0.15, 0.2) is 11.1 Å². The highest BCUT2D eigenvalue weighted by Crippen LogP contribution is 2.11. The third kappa shape index (κ3) is 2.95. The Morgan fingerprint density at radius 2 is 2.14 bits per heavy atom. The summed E-state index contributed by atoms with van der Waals surface area (Å²) in [5, 5.41) is 0.674. The summed E-state index contributed by atoms with van der Waals surface area (Å²) in [6.45, 7) is 3.70. The van der Waals surface area contributed by atoms with Crippen molar-refractivity contribution in [2.45, 2.75) is 19.2 Å². The Balaban J connectivity index is 3.56. The van der Waals surface area contributed by atoms with Crippen LogP contribution in [-0.2, 0) is 0 Å². The quantitative estimate of drug-likeness (QED) is 0.490. The average Bonchev–Trinajstić information content (AvgIpc) is 1.65. The van der Waals surface area contributed by atoms with Gasteiger partial charge in [-0.3, -0.25) is 0 Å². The van der Waals surface area contributed by atoms with Crippen molar-refractivity contribution in [1.29, 1.82) is 0 Å². The smallest absolute Gasteiger partial charge is 0.0660 e. The maximum absolute atomic E-state index is 5.53. The van der Waals surface area contributed by atoms with Crippen molar-refractivity contribution in [2.24, 2.45) is 0 Å². The Morgan fingerprint density at radius 3 is 2.14 bits per heavy atom. The molecule has 1 unspecified atom stereocenters. The van der Waals surface area contributed by atoms with Gasteiger partial charge in [-0.05, 0) is 13.8 Å². The second-order valence-corrected chi connectivity index (χ2v) is 2.38. The van der Waals surface area contributed by atoms with Gasteiger partial charge in [-0.2, -0.15) is 0 Å². The number of hydrogen-bond donors (Lipinski definition) is 0. The zero-order valence-corrected chi connectivity index (χ0v) is 5.92. The molecule has 0 aliphatic heterocycles. The molecule has 2 heteroatoms. The molecule has 0 bridgehead atoms. The minimum absolute atomic E-state index is 0.0355. The van der Waals surface area contributed by atoms with E-state index in [1.165, 1.54) is 0 Å². The summed E-state index contributed by atoms with van der Waals surface area (Å²) in [5.74, 6) is 0. The summed E-state index contributed by atoms with van der Waals surface area (Å²) >= 11 is 11.1. The summed E-state index contributed by atoms with van der Waals surface area (Å²) in [6, 6.07) is 0. The highest BCUT2D eigenvalue weighted by atomic mass is 35.5. The van der Waals surface area contributed by atoms with Crippen LogP contribution >= 0.6 is 23.2 Å². The zero-order valence-electron chi connectivity index (χ0n) is 4.41. The summed E-state index contributed by atoms with van der Waals surface area (Å²) in [7, 11) is 0. The third-order valence-corrected chi connectivity index (χ3v) is 1.55. The molecule has 0 spiro atoms. The van der Waals surface area contributed by atoms with Crippen LogP contribution in [0.3, 0.4) is 0 Å². The summed E-state index contributed by atoms with van der Waals surface area (Å²) in [5.41, 5.74) is 0. The van der Waals surface area contributed by atoms with E-state index in [4.69, 9.17) is 23.2 Å². The molecule has 0 aromatic heterocycles. The molecule has 0 aliphatic carbocycles. The normalized spacial score (nSPS) is 16.9. The van der Waals surface area contributed by atoms with Crippen molar-refractivity contribution in [3.8, 4) is 0 Å². The summed E-state index contributed by atoms with van der Waals surface area (Å²) in [4.78, 5) is 0. The summed E-state index contributed by atoms with van der Waals surface area (Å²) < 4.78 is 0. The van der Waals surface area contributed by atoms with Gasteiger partial charge in [-0.1, -0.05) is 17.7 Å². The van der Waals surface area contributed by atoms with Crippen LogP contribution in [0, 0.1) is 0 Å². The molecule has 0 heterocycles. The average molecular weight is 139 g/mol. The molecule has 0 aromatic rings. The van der Waals surface area contributed by atoms with E-state index < -0.39 is 0 Å². The second-order valence-electron chi connectivity index (χ2n) is 1.29. The zero-order chi connectivity index (χ0) is 5.86. The van der Waals surface area contributed by atoms with E-state index in [0.717, 1.165) is 0 Å². The maximum atomic E-state index is 5.53. The van der Waals surface area contributed by atoms with Crippen LogP contribution in [0.2, 0.25) is 0 Å². The fourth-order valence-corrected chi connectivity index (χ4v) is 0.356. The first-order valence-corrected chi connectivity index (χ1v) is 2.95. The lowest BCUT2D eigenvalue weighted by Gasteiger charge is -1.94. The lowest BCUT2D eigenvalue weighted by atomic mass is 10.4. The Morgan fingerprint density at radius 1 is 1.71 bits per heavy atom. The van der Waals surface area contributed by atoms with Gasteiger partial charge < -0.3 is 0 Å². The number of allylic oxidation sites excluding steroid dienone is 2. The van der Waals surface area contributed by atoms with Crippen LogP contribution in [0.25, 0.3) is 0 Å². The van der Waals surface area contributed by atoms with E-state index in [1.54, 1.807) is 6.08 Å². The minimum atomic E-state index is -0.0355. The molecule has 0 amide bonds. The first-order valence-electron chi connectivity index (χ1n) is 2.14. The Hall–Kier alpha value is 0.320. The van der Waals surface area contributed by atoms with Crippen molar-refractivity contribution >= 4 is 23.2 Å². The molecule has 42 valence electrons. The van der Waals surface area contributed by atoms with E-state index in [9.17, 15) is 0 Å². The minimum Gasteiger partial charge on any atom is -0.117 e. The van der Waals surface area contributed by atoms with E-state index in [2.05, 4.69) is 0 Å². The van der Waals surface area contributed by atoms with Gasteiger partial charge in [0.1, 0.15) is 0 Å². The van der Waals surface area contributed by atoms with E-state index in [0.29, 0.717) is 5.03 Å². The van der Waals surface area contributed by atoms with Gasteiger partial charge in [-0.25, -0.2) is 0 Å².